The van der Waals surface area contributed by atoms with E-state index in [4.69, 9.17) is 4.74 Å². The molecule has 2 fully saturated rings. The van der Waals surface area contributed by atoms with E-state index in [-0.39, 0.29) is 0 Å². The largest absolute Gasteiger partial charge is 0.381 e. The lowest BCUT2D eigenvalue weighted by atomic mass is 10.0. The summed E-state index contributed by atoms with van der Waals surface area (Å²) in [5, 5.41) is 3.84. The highest BCUT2D eigenvalue weighted by atomic mass is 16.5. The fourth-order valence-corrected chi connectivity index (χ4v) is 2.82. The van der Waals surface area contributed by atoms with Crippen molar-refractivity contribution in [3.8, 4) is 0 Å². The van der Waals surface area contributed by atoms with E-state index < -0.39 is 0 Å². The van der Waals surface area contributed by atoms with Gasteiger partial charge in [-0.3, -0.25) is 0 Å². The van der Waals surface area contributed by atoms with Crippen LogP contribution in [0.4, 0.5) is 0 Å². The lowest BCUT2D eigenvalue weighted by Gasteiger charge is -2.33. The van der Waals surface area contributed by atoms with Crippen molar-refractivity contribution in [3.05, 3.63) is 0 Å². The van der Waals surface area contributed by atoms with Crippen LogP contribution in [0.3, 0.4) is 0 Å². The molecule has 3 nitrogen and oxygen atoms in total. The fourth-order valence-electron chi connectivity index (χ4n) is 2.82. The number of rotatable bonds is 3. The Morgan fingerprint density at radius 1 is 1.06 bits per heavy atom. The summed E-state index contributed by atoms with van der Waals surface area (Å²) in [6.45, 7) is 7.94. The topological polar surface area (TPSA) is 24.5 Å². The molecule has 0 aromatic rings. The predicted octanol–water partition coefficient (Wildman–Crippen LogP) is 1.63. The van der Waals surface area contributed by atoms with Crippen LogP contribution in [0.1, 0.15) is 39.0 Å². The van der Waals surface area contributed by atoms with Crippen molar-refractivity contribution in [2.24, 2.45) is 0 Å². The molecule has 94 valence electrons. The van der Waals surface area contributed by atoms with Gasteiger partial charge in [-0.1, -0.05) is 6.92 Å². The highest BCUT2D eigenvalue weighted by Gasteiger charge is 2.21. The van der Waals surface area contributed by atoms with Crippen LogP contribution in [0.25, 0.3) is 0 Å². The van der Waals surface area contributed by atoms with Crippen molar-refractivity contribution in [1.29, 1.82) is 0 Å². The summed E-state index contributed by atoms with van der Waals surface area (Å²) >= 11 is 0. The Balaban J connectivity index is 1.69. The zero-order chi connectivity index (χ0) is 11.2. The lowest BCUT2D eigenvalue weighted by Crippen LogP contribution is -2.46. The van der Waals surface area contributed by atoms with E-state index in [1.165, 1.54) is 51.7 Å². The molecule has 2 saturated heterocycles. The van der Waals surface area contributed by atoms with E-state index in [0.717, 1.165) is 19.3 Å². The van der Waals surface area contributed by atoms with Gasteiger partial charge in [-0.2, -0.15) is 0 Å². The van der Waals surface area contributed by atoms with Gasteiger partial charge in [0.1, 0.15) is 0 Å². The van der Waals surface area contributed by atoms with E-state index in [1.807, 2.05) is 0 Å². The highest BCUT2D eigenvalue weighted by Crippen LogP contribution is 2.14. The van der Waals surface area contributed by atoms with E-state index in [0.29, 0.717) is 6.04 Å². The Morgan fingerprint density at radius 3 is 2.56 bits per heavy atom. The van der Waals surface area contributed by atoms with Gasteiger partial charge in [0.2, 0.25) is 0 Å². The zero-order valence-corrected chi connectivity index (χ0v) is 10.6. The summed E-state index contributed by atoms with van der Waals surface area (Å²) < 4.78 is 5.50. The van der Waals surface area contributed by atoms with Crippen LogP contribution in [0.15, 0.2) is 0 Å². The first-order chi connectivity index (χ1) is 7.88. The molecule has 0 aromatic heterocycles. The van der Waals surface area contributed by atoms with Gasteiger partial charge in [-0.05, 0) is 51.7 Å². The normalized spacial score (nSPS) is 30.2. The molecular weight excluding hydrogens is 200 g/mol. The summed E-state index contributed by atoms with van der Waals surface area (Å²) in [4.78, 5) is 2.55. The van der Waals surface area contributed by atoms with E-state index >= 15 is 0 Å². The van der Waals surface area contributed by atoms with Crippen LogP contribution < -0.4 is 5.32 Å². The molecule has 0 spiro atoms. The number of hydrogen-bond donors (Lipinski definition) is 1. The maximum atomic E-state index is 5.50. The first kappa shape index (κ1) is 12.3. The Hall–Kier alpha value is -0.120. The second-order valence-electron chi connectivity index (χ2n) is 5.12. The third-order valence-electron chi connectivity index (χ3n) is 3.96. The smallest absolute Gasteiger partial charge is 0.0480 e. The van der Waals surface area contributed by atoms with Crippen LogP contribution in [0.5, 0.6) is 0 Å². The minimum atomic E-state index is 0.709. The third kappa shape index (κ3) is 3.72. The quantitative estimate of drug-likeness (QED) is 0.791. The molecule has 0 aromatic carbocycles. The molecule has 0 bridgehead atoms. The molecule has 1 unspecified atom stereocenters. The van der Waals surface area contributed by atoms with Gasteiger partial charge < -0.3 is 15.0 Å². The monoisotopic (exact) mass is 226 g/mol. The van der Waals surface area contributed by atoms with Crippen molar-refractivity contribution in [2.75, 3.05) is 32.8 Å². The van der Waals surface area contributed by atoms with Crippen LogP contribution in [0, 0.1) is 0 Å². The van der Waals surface area contributed by atoms with Crippen LogP contribution in [-0.4, -0.2) is 49.8 Å². The van der Waals surface area contributed by atoms with Crippen LogP contribution in [-0.2, 0) is 4.74 Å². The maximum absolute atomic E-state index is 5.50. The Morgan fingerprint density at radius 2 is 1.81 bits per heavy atom. The summed E-state index contributed by atoms with van der Waals surface area (Å²) in [5.74, 6) is 0. The van der Waals surface area contributed by atoms with Gasteiger partial charge in [0, 0.05) is 25.3 Å². The average Bonchev–Trinajstić information content (AvgIpc) is 2.59. The fraction of sp³-hybridized carbons (Fsp3) is 1.00. The average molecular weight is 226 g/mol. The Kier molecular flexibility index (Phi) is 5.07. The molecule has 1 N–H and O–H groups in total. The number of nitrogens with one attached hydrogen (secondary N) is 1. The van der Waals surface area contributed by atoms with Gasteiger partial charge in [0.15, 0.2) is 0 Å². The maximum Gasteiger partial charge on any atom is 0.0480 e. The summed E-state index contributed by atoms with van der Waals surface area (Å²) in [6.07, 6.45) is 6.38. The first-order valence-electron chi connectivity index (χ1n) is 6.94. The minimum absolute atomic E-state index is 0.709. The first-order valence-corrected chi connectivity index (χ1v) is 6.94. The van der Waals surface area contributed by atoms with Gasteiger partial charge >= 0.3 is 0 Å². The van der Waals surface area contributed by atoms with E-state index in [2.05, 4.69) is 17.1 Å². The molecule has 3 heteroatoms. The summed E-state index contributed by atoms with van der Waals surface area (Å²) in [5.41, 5.74) is 0. The molecule has 1 atom stereocenters. The van der Waals surface area contributed by atoms with Crippen LogP contribution in [0.2, 0.25) is 0 Å². The molecule has 0 saturated carbocycles. The van der Waals surface area contributed by atoms with Gasteiger partial charge in [-0.25, -0.2) is 0 Å². The van der Waals surface area contributed by atoms with Crippen molar-refractivity contribution >= 4 is 0 Å². The second-order valence-corrected chi connectivity index (χ2v) is 5.12. The zero-order valence-electron chi connectivity index (χ0n) is 10.6. The molecule has 16 heavy (non-hydrogen) atoms. The lowest BCUT2D eigenvalue weighted by molar-refractivity contribution is 0.141. The number of piperidine rings is 1. The number of hydrogen-bond acceptors (Lipinski definition) is 3. The highest BCUT2D eigenvalue weighted by molar-refractivity contribution is 4.81. The number of likely N-dealkylation sites (tertiary alicyclic amines) is 1. The summed E-state index contributed by atoms with van der Waals surface area (Å²) in [7, 11) is 0. The molecule has 2 rings (SSSR count). The van der Waals surface area contributed by atoms with Crippen LogP contribution >= 0.6 is 0 Å². The van der Waals surface area contributed by atoms with Crippen molar-refractivity contribution in [2.45, 2.75) is 51.1 Å². The second kappa shape index (κ2) is 6.58. The molecular formula is C13H26N2O. The molecule has 2 aliphatic heterocycles. The SMILES string of the molecule is CCN1CCC(NC2CCCOCC2)CC1. The van der Waals surface area contributed by atoms with E-state index in [1.54, 1.807) is 0 Å². The third-order valence-corrected chi connectivity index (χ3v) is 3.96. The van der Waals surface area contributed by atoms with Gasteiger partial charge in [0.25, 0.3) is 0 Å². The molecule has 2 heterocycles. The minimum Gasteiger partial charge on any atom is -0.381 e. The molecule has 0 aliphatic carbocycles. The molecule has 0 radical (unpaired) electrons. The van der Waals surface area contributed by atoms with Crippen molar-refractivity contribution in [3.63, 3.8) is 0 Å². The summed E-state index contributed by atoms with van der Waals surface area (Å²) in [6, 6.07) is 1.46. The number of ether oxygens (including phenoxy) is 1. The van der Waals surface area contributed by atoms with Crippen molar-refractivity contribution < 1.29 is 4.74 Å². The van der Waals surface area contributed by atoms with Gasteiger partial charge in [0.05, 0.1) is 0 Å². The Labute approximate surface area is 99.5 Å². The van der Waals surface area contributed by atoms with Crippen molar-refractivity contribution in [1.82, 2.24) is 10.2 Å². The molecule has 0 amide bonds. The number of nitrogens with zero attached hydrogens (tertiary/aromatic N) is 1. The molecule has 2 aliphatic rings. The van der Waals surface area contributed by atoms with Gasteiger partial charge in [-0.15, -0.1) is 0 Å². The standard InChI is InChI=1S/C13H26N2O/c1-2-15-8-5-13(6-9-15)14-12-4-3-10-16-11-7-12/h12-14H,2-11H2,1H3. The predicted molar refractivity (Wildman–Crippen MR) is 66.7 cm³/mol. The Bertz CT molecular complexity index is 182. The van der Waals surface area contributed by atoms with E-state index in [9.17, 15) is 0 Å².